The lowest BCUT2D eigenvalue weighted by molar-refractivity contribution is 0.394. The van der Waals surface area contributed by atoms with Crippen LogP contribution < -0.4 is 5.73 Å². The number of hydrogen-bond acceptors (Lipinski definition) is 1. The zero-order chi connectivity index (χ0) is 9.23. The quantitative estimate of drug-likeness (QED) is 0.595. The van der Waals surface area contributed by atoms with Gasteiger partial charge in [-0.1, -0.05) is 46.0 Å². The fourth-order valence-corrected chi connectivity index (χ4v) is 1.74. The summed E-state index contributed by atoms with van der Waals surface area (Å²) in [7, 11) is 0. The van der Waals surface area contributed by atoms with Gasteiger partial charge in [-0.25, -0.2) is 0 Å². The van der Waals surface area contributed by atoms with Gasteiger partial charge in [0.15, 0.2) is 0 Å². The van der Waals surface area contributed by atoms with Crippen LogP contribution >= 0.6 is 0 Å². The molecule has 0 heterocycles. The summed E-state index contributed by atoms with van der Waals surface area (Å²) in [4.78, 5) is 0. The summed E-state index contributed by atoms with van der Waals surface area (Å²) in [6.45, 7) is 5.42. The summed E-state index contributed by atoms with van der Waals surface area (Å²) < 4.78 is 0. The van der Waals surface area contributed by atoms with Crippen LogP contribution in [0.25, 0.3) is 0 Å². The molecule has 0 spiro atoms. The van der Waals surface area contributed by atoms with Crippen molar-refractivity contribution in [1.82, 2.24) is 0 Å². The second kappa shape index (κ2) is 9.05. The summed E-state index contributed by atoms with van der Waals surface area (Å²) in [5, 5.41) is 0. The molecule has 74 valence electrons. The van der Waals surface area contributed by atoms with Crippen molar-refractivity contribution in [3.05, 3.63) is 0 Å². The van der Waals surface area contributed by atoms with E-state index in [1.807, 2.05) is 0 Å². The smallest absolute Gasteiger partial charge is 0.00772 e. The normalized spacial score (nSPS) is 13.2. The summed E-state index contributed by atoms with van der Waals surface area (Å²) in [5.74, 6) is 0.957. The van der Waals surface area contributed by atoms with Crippen LogP contribution in [-0.2, 0) is 0 Å². The third-order valence-corrected chi connectivity index (χ3v) is 2.48. The number of unbranched alkanes of at least 4 members (excludes halogenated alkanes) is 1. The molecule has 1 nitrogen and oxygen atoms in total. The molecule has 0 saturated heterocycles. The molecule has 0 aliphatic rings. The Morgan fingerprint density at radius 1 is 0.917 bits per heavy atom. The first-order valence-corrected chi connectivity index (χ1v) is 5.55. The van der Waals surface area contributed by atoms with Gasteiger partial charge in [-0.2, -0.15) is 0 Å². The molecule has 0 radical (unpaired) electrons. The minimum absolute atomic E-state index is 0.867. The Morgan fingerprint density at radius 2 is 1.58 bits per heavy atom. The third-order valence-electron chi connectivity index (χ3n) is 2.48. The van der Waals surface area contributed by atoms with Crippen LogP contribution in [0.1, 0.15) is 58.8 Å². The molecule has 0 aliphatic heterocycles. The Labute approximate surface area is 77.7 Å². The summed E-state index contributed by atoms with van der Waals surface area (Å²) in [6.07, 6.45) is 9.46. The zero-order valence-corrected chi connectivity index (χ0v) is 8.81. The van der Waals surface area contributed by atoms with Crippen molar-refractivity contribution in [2.45, 2.75) is 58.8 Å². The molecule has 0 rings (SSSR count). The average molecular weight is 171 g/mol. The van der Waals surface area contributed by atoms with Crippen LogP contribution in [0.15, 0.2) is 0 Å². The van der Waals surface area contributed by atoms with Crippen LogP contribution in [0.2, 0.25) is 0 Å². The molecular weight excluding hydrogens is 146 g/mol. The van der Waals surface area contributed by atoms with E-state index in [0.717, 1.165) is 12.5 Å². The predicted molar refractivity (Wildman–Crippen MR) is 56.2 cm³/mol. The second-order valence-corrected chi connectivity index (χ2v) is 3.73. The molecule has 0 aliphatic carbocycles. The highest BCUT2D eigenvalue weighted by molar-refractivity contribution is 4.59. The van der Waals surface area contributed by atoms with Crippen LogP contribution in [-0.4, -0.2) is 6.54 Å². The fraction of sp³-hybridized carbons (Fsp3) is 1.00. The van der Waals surface area contributed by atoms with Gasteiger partial charge in [-0.15, -0.1) is 0 Å². The van der Waals surface area contributed by atoms with E-state index in [2.05, 4.69) is 13.8 Å². The number of rotatable bonds is 8. The van der Waals surface area contributed by atoms with Gasteiger partial charge < -0.3 is 5.73 Å². The van der Waals surface area contributed by atoms with E-state index >= 15 is 0 Å². The topological polar surface area (TPSA) is 26.0 Å². The Balaban J connectivity index is 3.40. The monoisotopic (exact) mass is 171 g/mol. The van der Waals surface area contributed by atoms with Gasteiger partial charge in [0.25, 0.3) is 0 Å². The molecule has 12 heavy (non-hydrogen) atoms. The van der Waals surface area contributed by atoms with E-state index in [-0.39, 0.29) is 0 Å². The first-order chi connectivity index (χ1) is 5.85. The molecule has 1 atom stereocenters. The van der Waals surface area contributed by atoms with Gasteiger partial charge in [0.1, 0.15) is 0 Å². The highest BCUT2D eigenvalue weighted by Gasteiger charge is 2.05. The molecule has 0 bridgehead atoms. The van der Waals surface area contributed by atoms with Crippen molar-refractivity contribution in [2.24, 2.45) is 11.7 Å². The van der Waals surface area contributed by atoms with E-state index in [1.165, 1.54) is 44.9 Å². The standard InChI is InChI=1S/C11H25N/c1-3-5-8-11(7-4-2)9-6-10-12/h11H,3-10,12H2,1-2H3. The minimum Gasteiger partial charge on any atom is -0.330 e. The highest BCUT2D eigenvalue weighted by Crippen LogP contribution is 2.19. The summed E-state index contributed by atoms with van der Waals surface area (Å²) in [6, 6.07) is 0. The first kappa shape index (κ1) is 12.0. The van der Waals surface area contributed by atoms with Gasteiger partial charge in [0.2, 0.25) is 0 Å². The predicted octanol–water partition coefficient (Wildman–Crippen LogP) is 3.33. The van der Waals surface area contributed by atoms with Gasteiger partial charge in [0, 0.05) is 0 Å². The molecule has 1 unspecified atom stereocenters. The second-order valence-electron chi connectivity index (χ2n) is 3.73. The third kappa shape index (κ3) is 6.66. The van der Waals surface area contributed by atoms with Crippen molar-refractivity contribution in [2.75, 3.05) is 6.54 Å². The maximum atomic E-state index is 5.50. The van der Waals surface area contributed by atoms with Crippen LogP contribution in [0.3, 0.4) is 0 Å². The molecule has 1 heteroatoms. The maximum absolute atomic E-state index is 5.50. The van der Waals surface area contributed by atoms with Crippen LogP contribution in [0.5, 0.6) is 0 Å². The maximum Gasteiger partial charge on any atom is -0.00772 e. The van der Waals surface area contributed by atoms with Gasteiger partial charge in [-0.05, 0) is 25.3 Å². The Kier molecular flexibility index (Phi) is 9.02. The molecule has 0 aromatic heterocycles. The molecule has 0 fully saturated rings. The summed E-state index contributed by atoms with van der Waals surface area (Å²) in [5.41, 5.74) is 5.50. The van der Waals surface area contributed by atoms with Crippen LogP contribution in [0.4, 0.5) is 0 Å². The first-order valence-electron chi connectivity index (χ1n) is 5.55. The Morgan fingerprint density at radius 3 is 2.08 bits per heavy atom. The number of nitrogens with two attached hydrogens (primary N) is 1. The van der Waals surface area contributed by atoms with Gasteiger partial charge >= 0.3 is 0 Å². The number of hydrogen-bond donors (Lipinski definition) is 1. The lowest BCUT2D eigenvalue weighted by Gasteiger charge is -2.14. The van der Waals surface area contributed by atoms with Gasteiger partial charge in [0.05, 0.1) is 0 Å². The molecule has 0 saturated carbocycles. The van der Waals surface area contributed by atoms with Crippen molar-refractivity contribution >= 4 is 0 Å². The van der Waals surface area contributed by atoms with E-state index in [4.69, 9.17) is 5.73 Å². The van der Waals surface area contributed by atoms with E-state index in [1.54, 1.807) is 0 Å². The van der Waals surface area contributed by atoms with Crippen molar-refractivity contribution in [3.63, 3.8) is 0 Å². The van der Waals surface area contributed by atoms with Crippen molar-refractivity contribution in [1.29, 1.82) is 0 Å². The van der Waals surface area contributed by atoms with E-state index < -0.39 is 0 Å². The summed E-state index contributed by atoms with van der Waals surface area (Å²) >= 11 is 0. The van der Waals surface area contributed by atoms with Gasteiger partial charge in [-0.3, -0.25) is 0 Å². The lowest BCUT2D eigenvalue weighted by Crippen LogP contribution is -2.05. The van der Waals surface area contributed by atoms with E-state index in [0.29, 0.717) is 0 Å². The Bertz CT molecular complexity index is 73.1. The highest BCUT2D eigenvalue weighted by atomic mass is 14.5. The molecule has 2 N–H and O–H groups in total. The molecule has 0 aromatic rings. The van der Waals surface area contributed by atoms with Crippen molar-refractivity contribution < 1.29 is 0 Å². The minimum atomic E-state index is 0.867. The SMILES string of the molecule is CCCCC(CCC)CCCN. The molecule has 0 aromatic carbocycles. The van der Waals surface area contributed by atoms with Crippen molar-refractivity contribution in [3.8, 4) is 0 Å². The molecular formula is C11H25N. The van der Waals surface area contributed by atoms with E-state index in [9.17, 15) is 0 Å². The average Bonchev–Trinajstić information content (AvgIpc) is 2.10. The lowest BCUT2D eigenvalue weighted by atomic mass is 9.92. The zero-order valence-electron chi connectivity index (χ0n) is 8.81. The Hall–Kier alpha value is -0.0400. The van der Waals surface area contributed by atoms with Crippen LogP contribution in [0, 0.1) is 5.92 Å². The largest absolute Gasteiger partial charge is 0.330 e. The fourth-order valence-electron chi connectivity index (χ4n) is 1.74. The molecule has 0 amide bonds.